The molecule has 11 heteroatoms. The van der Waals surface area contributed by atoms with E-state index in [0.29, 0.717) is 19.3 Å². The molecule has 0 aliphatic carbocycles. The number of ether oxygens (including phenoxy) is 1. The fourth-order valence-corrected chi connectivity index (χ4v) is 2.03. The number of alkyl halides is 9. The third-order valence-corrected chi connectivity index (χ3v) is 3.58. The first kappa shape index (κ1) is 22.8. The predicted octanol–water partition coefficient (Wildman–Crippen LogP) is 5.42. The highest BCUT2D eigenvalue weighted by Crippen LogP contribution is 2.60. The molecule has 0 saturated heterocycles. The van der Waals surface area contributed by atoms with E-state index in [1.54, 1.807) is 6.92 Å². The second-order valence-corrected chi connectivity index (χ2v) is 5.26. The molecule has 0 aliphatic heterocycles. The number of rotatable bonds is 7. The minimum Gasteiger partial charge on any atom is -0.464 e. The van der Waals surface area contributed by atoms with E-state index in [2.05, 4.69) is 4.74 Å². The number of carbonyl (C=O) groups excluding carboxylic acids is 1. The zero-order valence-corrected chi connectivity index (χ0v) is 12.8. The average molecular weight is 376 g/mol. The molecule has 0 aromatic carbocycles. The van der Waals surface area contributed by atoms with Crippen LogP contribution in [0.25, 0.3) is 0 Å². The van der Waals surface area contributed by atoms with Gasteiger partial charge in [0.05, 0.1) is 6.61 Å². The van der Waals surface area contributed by atoms with E-state index < -0.39 is 42.4 Å². The van der Waals surface area contributed by atoms with Gasteiger partial charge in [0.15, 0.2) is 0 Å². The molecule has 0 spiro atoms. The molecule has 0 unspecified atom stereocenters. The lowest BCUT2D eigenvalue weighted by Crippen LogP contribution is -2.64. The molecule has 144 valence electrons. The van der Waals surface area contributed by atoms with Gasteiger partial charge in [0.2, 0.25) is 0 Å². The molecule has 0 aromatic heterocycles. The van der Waals surface area contributed by atoms with Crippen LogP contribution >= 0.6 is 0 Å². The van der Waals surface area contributed by atoms with Gasteiger partial charge in [-0.05, 0) is 12.3 Å². The number of hydrogen-bond donors (Lipinski definition) is 0. The van der Waals surface area contributed by atoms with Crippen LogP contribution in [0.3, 0.4) is 0 Å². The molecular formula is C13H17F9O2. The van der Waals surface area contributed by atoms with Crippen LogP contribution in [0.1, 0.15) is 39.5 Å². The van der Waals surface area contributed by atoms with Gasteiger partial charge in [-0.15, -0.1) is 0 Å². The van der Waals surface area contributed by atoms with Gasteiger partial charge in [0, 0.05) is 0 Å². The zero-order chi connectivity index (χ0) is 19.4. The molecule has 0 fully saturated rings. The van der Waals surface area contributed by atoms with Crippen LogP contribution in [0.5, 0.6) is 0 Å². The predicted molar refractivity (Wildman–Crippen MR) is 64.9 cm³/mol. The normalized spacial score (nSPS) is 15.3. The Kier molecular flexibility index (Phi) is 7.44. The van der Waals surface area contributed by atoms with Gasteiger partial charge in [-0.2, -0.15) is 39.5 Å². The molecule has 1 atom stereocenters. The lowest BCUT2D eigenvalue weighted by atomic mass is 9.85. The lowest BCUT2D eigenvalue weighted by Gasteiger charge is -2.36. The van der Waals surface area contributed by atoms with Crippen molar-refractivity contribution in [1.82, 2.24) is 0 Å². The Bertz CT molecular complexity index is 373. The summed E-state index contributed by atoms with van der Waals surface area (Å²) < 4.78 is 118. The number of esters is 1. The van der Waals surface area contributed by atoms with Crippen molar-refractivity contribution in [3.05, 3.63) is 0 Å². The summed E-state index contributed by atoms with van der Waals surface area (Å²) in [5.74, 6) is -4.02. The van der Waals surface area contributed by atoms with Crippen LogP contribution in [0.4, 0.5) is 39.5 Å². The molecule has 0 bridgehead atoms. The fourth-order valence-electron chi connectivity index (χ4n) is 2.03. The molecule has 0 radical (unpaired) electrons. The maximum Gasteiger partial charge on any atom is 0.422 e. The Morgan fingerprint density at radius 2 is 1.29 bits per heavy atom. The largest absolute Gasteiger partial charge is 0.464 e. The Labute approximate surface area is 132 Å². The Balaban J connectivity index is 5.65. The number of hydrogen-bond acceptors (Lipinski definition) is 2. The summed E-state index contributed by atoms with van der Waals surface area (Å²) >= 11 is 0. The van der Waals surface area contributed by atoms with Gasteiger partial charge in [0.1, 0.15) is 0 Å². The smallest absolute Gasteiger partial charge is 0.422 e. The minimum atomic E-state index is -6.94. The van der Waals surface area contributed by atoms with Crippen molar-refractivity contribution in [3.63, 3.8) is 0 Å². The van der Waals surface area contributed by atoms with Crippen molar-refractivity contribution in [2.45, 2.75) is 58.1 Å². The monoisotopic (exact) mass is 376 g/mol. The second kappa shape index (κ2) is 7.81. The van der Waals surface area contributed by atoms with Gasteiger partial charge in [-0.25, -0.2) is 0 Å². The standard InChI is InChI=1S/C13H17F9O2/c1-3-5-6-8(4-2)7-24-9(23)10(11(14,15)16,12(17,18)19)13(20,21)22/h8H,3-7H2,1-2H3/t8-/m0/s1. The molecule has 0 aromatic rings. The average Bonchev–Trinajstić information content (AvgIpc) is 2.34. The van der Waals surface area contributed by atoms with Crippen molar-refractivity contribution in [1.29, 1.82) is 0 Å². The van der Waals surface area contributed by atoms with Gasteiger partial charge in [0.25, 0.3) is 0 Å². The topological polar surface area (TPSA) is 26.3 Å². The number of carbonyl (C=O) groups is 1. The SMILES string of the molecule is CCCC[C@H](CC)COC(=O)C(C(F)(F)F)(C(F)(F)F)C(F)(F)F. The van der Waals surface area contributed by atoms with E-state index in [1.807, 2.05) is 0 Å². The molecule has 24 heavy (non-hydrogen) atoms. The molecule has 0 aliphatic rings. The zero-order valence-electron chi connectivity index (χ0n) is 12.8. The van der Waals surface area contributed by atoms with Crippen LogP contribution < -0.4 is 0 Å². The minimum absolute atomic E-state index is 0.227. The molecule has 0 rings (SSSR count). The molecule has 0 amide bonds. The van der Waals surface area contributed by atoms with Crippen LogP contribution in [0.2, 0.25) is 0 Å². The molecule has 0 N–H and O–H groups in total. The van der Waals surface area contributed by atoms with Crippen molar-refractivity contribution in [2.24, 2.45) is 11.3 Å². The van der Waals surface area contributed by atoms with Crippen molar-refractivity contribution in [2.75, 3.05) is 6.61 Å². The summed E-state index contributed by atoms with van der Waals surface area (Å²) in [5, 5.41) is 0. The van der Waals surface area contributed by atoms with Crippen LogP contribution in [-0.2, 0) is 9.53 Å². The Morgan fingerprint density at radius 1 is 0.875 bits per heavy atom. The summed E-state index contributed by atoms with van der Waals surface area (Å²) in [5.41, 5.74) is -6.56. The molecule has 0 heterocycles. The quantitative estimate of drug-likeness (QED) is 0.438. The maximum absolute atomic E-state index is 12.7. The van der Waals surface area contributed by atoms with E-state index in [1.165, 1.54) is 6.92 Å². The van der Waals surface area contributed by atoms with Gasteiger partial charge in [-0.3, -0.25) is 4.79 Å². The summed E-state index contributed by atoms with van der Waals surface area (Å²) in [6, 6.07) is 0. The Hall–Kier alpha value is -1.16. The third kappa shape index (κ3) is 4.47. The summed E-state index contributed by atoms with van der Waals surface area (Å²) in [4.78, 5) is 11.3. The van der Waals surface area contributed by atoms with Crippen LogP contribution in [0, 0.1) is 11.3 Å². The van der Waals surface area contributed by atoms with Gasteiger partial charge >= 0.3 is 29.9 Å². The van der Waals surface area contributed by atoms with Crippen LogP contribution in [-0.4, -0.2) is 31.1 Å². The van der Waals surface area contributed by atoms with Crippen molar-refractivity contribution >= 4 is 5.97 Å². The first-order valence-electron chi connectivity index (χ1n) is 7.04. The molecule has 0 saturated carbocycles. The number of unbranched alkanes of at least 4 members (excludes halogenated alkanes) is 1. The number of halogens is 9. The van der Waals surface area contributed by atoms with E-state index in [-0.39, 0.29) is 6.42 Å². The highest BCUT2D eigenvalue weighted by Gasteiger charge is 2.89. The third-order valence-electron chi connectivity index (χ3n) is 3.58. The summed E-state index contributed by atoms with van der Waals surface area (Å²) in [6.45, 7) is 2.35. The van der Waals surface area contributed by atoms with Crippen molar-refractivity contribution in [3.8, 4) is 0 Å². The Morgan fingerprint density at radius 3 is 1.58 bits per heavy atom. The van der Waals surface area contributed by atoms with Crippen LogP contribution in [0.15, 0.2) is 0 Å². The fraction of sp³-hybridized carbons (Fsp3) is 0.923. The maximum atomic E-state index is 12.7. The highest BCUT2D eigenvalue weighted by molar-refractivity contribution is 5.80. The van der Waals surface area contributed by atoms with E-state index in [0.717, 1.165) is 0 Å². The highest BCUT2D eigenvalue weighted by atomic mass is 19.4. The first-order chi connectivity index (χ1) is 10.7. The van der Waals surface area contributed by atoms with E-state index >= 15 is 0 Å². The molecule has 2 nitrogen and oxygen atoms in total. The second-order valence-electron chi connectivity index (χ2n) is 5.26. The van der Waals surface area contributed by atoms with Crippen molar-refractivity contribution < 1.29 is 49.0 Å². The summed E-state index contributed by atoms with van der Waals surface area (Å²) in [7, 11) is 0. The summed E-state index contributed by atoms with van der Waals surface area (Å²) in [6.07, 6.45) is -19.1. The van der Waals surface area contributed by atoms with E-state index in [9.17, 15) is 44.3 Å². The molecular weight excluding hydrogens is 359 g/mol. The first-order valence-corrected chi connectivity index (χ1v) is 7.04. The lowest BCUT2D eigenvalue weighted by molar-refractivity contribution is -0.412. The van der Waals surface area contributed by atoms with E-state index in [4.69, 9.17) is 0 Å². The van der Waals surface area contributed by atoms with Gasteiger partial charge < -0.3 is 4.74 Å². The van der Waals surface area contributed by atoms with Gasteiger partial charge in [-0.1, -0.05) is 33.1 Å².